The standard InChI is InChI=1S/C50H33NO/c1-3-14-35(15-4-1)41-20-11-12-25-47(41)51(48-33-38-18-7-8-19-40(38)43-21-9-10-22-44(43)48)39-29-26-34(27-30-39)37-28-31-49-46(32-37)45-24-13-23-42(50(45)52-49)36-16-5-2-6-17-36/h1-33H. The van der Waals surface area contributed by atoms with Crippen LogP contribution in [0.1, 0.15) is 0 Å². The van der Waals surface area contributed by atoms with Gasteiger partial charge < -0.3 is 9.32 Å². The van der Waals surface area contributed by atoms with Crippen LogP contribution in [-0.4, -0.2) is 0 Å². The summed E-state index contributed by atoms with van der Waals surface area (Å²) < 4.78 is 6.48. The van der Waals surface area contributed by atoms with Crippen LogP contribution >= 0.6 is 0 Å². The fourth-order valence-corrected chi connectivity index (χ4v) is 7.78. The van der Waals surface area contributed by atoms with E-state index in [1.165, 1.54) is 32.7 Å². The van der Waals surface area contributed by atoms with Gasteiger partial charge in [-0.3, -0.25) is 0 Å². The molecule has 0 bridgehead atoms. The molecule has 0 spiro atoms. The van der Waals surface area contributed by atoms with Gasteiger partial charge >= 0.3 is 0 Å². The van der Waals surface area contributed by atoms with Crippen LogP contribution in [0.3, 0.4) is 0 Å². The van der Waals surface area contributed by atoms with E-state index in [1.807, 2.05) is 6.07 Å². The summed E-state index contributed by atoms with van der Waals surface area (Å²) >= 11 is 0. The molecule has 9 aromatic carbocycles. The van der Waals surface area contributed by atoms with Crippen LogP contribution in [-0.2, 0) is 0 Å². The van der Waals surface area contributed by atoms with Gasteiger partial charge in [0, 0.05) is 33.0 Å². The molecule has 2 nitrogen and oxygen atoms in total. The zero-order chi connectivity index (χ0) is 34.4. The molecule has 0 aliphatic carbocycles. The van der Waals surface area contributed by atoms with Crippen LogP contribution in [0, 0.1) is 0 Å². The van der Waals surface area contributed by atoms with Crippen molar-refractivity contribution in [3.8, 4) is 33.4 Å². The van der Waals surface area contributed by atoms with Crippen molar-refractivity contribution in [1.29, 1.82) is 0 Å². The minimum atomic E-state index is 0.894. The highest BCUT2D eigenvalue weighted by Gasteiger charge is 2.21. The number of benzene rings is 9. The van der Waals surface area contributed by atoms with Crippen molar-refractivity contribution in [3.63, 3.8) is 0 Å². The van der Waals surface area contributed by atoms with E-state index < -0.39 is 0 Å². The Morgan fingerprint density at radius 3 is 1.71 bits per heavy atom. The van der Waals surface area contributed by atoms with Crippen molar-refractivity contribution < 1.29 is 4.42 Å². The SMILES string of the molecule is c1ccc(-c2ccccc2N(c2ccc(-c3ccc4oc5c(-c6ccccc6)cccc5c4c3)cc2)c2cc3ccccc3c3ccccc23)cc1. The molecule has 10 rings (SSSR count). The van der Waals surface area contributed by atoms with E-state index in [0.29, 0.717) is 0 Å². The molecular formula is C50H33NO. The Labute approximate surface area is 302 Å². The van der Waals surface area contributed by atoms with Crippen LogP contribution in [0.2, 0.25) is 0 Å². The maximum Gasteiger partial charge on any atom is 0.143 e. The molecule has 0 saturated heterocycles. The molecule has 0 fully saturated rings. The van der Waals surface area contributed by atoms with E-state index in [4.69, 9.17) is 4.42 Å². The number of nitrogens with zero attached hydrogens (tertiary/aromatic N) is 1. The topological polar surface area (TPSA) is 16.4 Å². The maximum absolute atomic E-state index is 6.48. The van der Waals surface area contributed by atoms with Gasteiger partial charge in [0.1, 0.15) is 11.2 Å². The van der Waals surface area contributed by atoms with Crippen molar-refractivity contribution >= 4 is 60.5 Å². The number of para-hydroxylation sites is 2. The zero-order valence-electron chi connectivity index (χ0n) is 28.4. The summed E-state index contributed by atoms with van der Waals surface area (Å²) in [7, 11) is 0. The fraction of sp³-hybridized carbons (Fsp3) is 0. The van der Waals surface area contributed by atoms with Gasteiger partial charge in [0.25, 0.3) is 0 Å². The second kappa shape index (κ2) is 12.5. The highest BCUT2D eigenvalue weighted by Crippen LogP contribution is 2.46. The van der Waals surface area contributed by atoms with Crippen molar-refractivity contribution in [2.24, 2.45) is 0 Å². The highest BCUT2D eigenvalue weighted by molar-refractivity contribution is 6.15. The van der Waals surface area contributed by atoms with Crippen molar-refractivity contribution in [3.05, 3.63) is 200 Å². The van der Waals surface area contributed by atoms with Crippen LogP contribution in [0.25, 0.3) is 76.9 Å². The van der Waals surface area contributed by atoms with Crippen molar-refractivity contribution in [2.45, 2.75) is 0 Å². The van der Waals surface area contributed by atoms with Gasteiger partial charge in [0.15, 0.2) is 0 Å². The second-order valence-corrected chi connectivity index (χ2v) is 13.3. The normalized spacial score (nSPS) is 11.5. The Hall–Kier alpha value is -6.90. The molecule has 1 heterocycles. The monoisotopic (exact) mass is 663 g/mol. The van der Waals surface area contributed by atoms with Gasteiger partial charge in [-0.25, -0.2) is 0 Å². The number of hydrogen-bond donors (Lipinski definition) is 0. The first-order valence-electron chi connectivity index (χ1n) is 17.8. The molecule has 0 aliphatic rings. The summed E-state index contributed by atoms with van der Waals surface area (Å²) in [6.45, 7) is 0. The smallest absolute Gasteiger partial charge is 0.143 e. The highest BCUT2D eigenvalue weighted by atomic mass is 16.3. The molecule has 244 valence electrons. The Morgan fingerprint density at radius 1 is 0.327 bits per heavy atom. The maximum atomic E-state index is 6.48. The Kier molecular flexibility index (Phi) is 7.18. The summed E-state index contributed by atoms with van der Waals surface area (Å²) in [5.41, 5.74) is 12.1. The third-order valence-electron chi connectivity index (χ3n) is 10.3. The first kappa shape index (κ1) is 30.0. The lowest BCUT2D eigenvalue weighted by atomic mass is 9.97. The zero-order valence-corrected chi connectivity index (χ0v) is 28.4. The molecule has 0 saturated carbocycles. The summed E-state index contributed by atoms with van der Waals surface area (Å²) in [5, 5.41) is 7.17. The van der Waals surface area contributed by atoms with Crippen molar-refractivity contribution in [2.75, 3.05) is 4.90 Å². The minimum Gasteiger partial charge on any atom is -0.455 e. The minimum absolute atomic E-state index is 0.894. The summed E-state index contributed by atoms with van der Waals surface area (Å²) in [5.74, 6) is 0. The summed E-state index contributed by atoms with van der Waals surface area (Å²) in [4.78, 5) is 2.43. The fourth-order valence-electron chi connectivity index (χ4n) is 7.78. The first-order chi connectivity index (χ1) is 25.8. The van der Waals surface area contributed by atoms with Gasteiger partial charge in [-0.2, -0.15) is 0 Å². The molecule has 0 radical (unpaired) electrons. The lowest BCUT2D eigenvalue weighted by Gasteiger charge is -2.29. The molecule has 1 aromatic heterocycles. The first-order valence-corrected chi connectivity index (χ1v) is 17.8. The van der Waals surface area contributed by atoms with E-state index in [9.17, 15) is 0 Å². The molecule has 0 unspecified atom stereocenters. The van der Waals surface area contributed by atoms with Crippen LogP contribution in [0.15, 0.2) is 205 Å². The van der Waals surface area contributed by atoms with E-state index >= 15 is 0 Å². The van der Waals surface area contributed by atoms with E-state index in [-0.39, 0.29) is 0 Å². The molecule has 52 heavy (non-hydrogen) atoms. The van der Waals surface area contributed by atoms with Gasteiger partial charge in [-0.05, 0) is 74.8 Å². The van der Waals surface area contributed by atoms with Crippen LogP contribution < -0.4 is 4.90 Å². The number of rotatable bonds is 6. The second-order valence-electron chi connectivity index (χ2n) is 13.3. The molecular weight excluding hydrogens is 631 g/mol. The quantitative estimate of drug-likeness (QED) is 0.165. The number of furan rings is 1. The van der Waals surface area contributed by atoms with Crippen molar-refractivity contribution in [1.82, 2.24) is 0 Å². The summed E-state index contributed by atoms with van der Waals surface area (Å²) in [6, 6.07) is 71.6. The molecule has 0 amide bonds. The van der Waals surface area contributed by atoms with Gasteiger partial charge in [0.2, 0.25) is 0 Å². The van der Waals surface area contributed by atoms with E-state index in [1.54, 1.807) is 0 Å². The molecule has 2 heteroatoms. The number of hydrogen-bond acceptors (Lipinski definition) is 2. The Morgan fingerprint density at radius 2 is 0.923 bits per heavy atom. The van der Waals surface area contributed by atoms with Gasteiger partial charge in [0.05, 0.1) is 11.4 Å². The molecule has 10 aromatic rings. The van der Waals surface area contributed by atoms with E-state index in [2.05, 4.69) is 199 Å². The van der Waals surface area contributed by atoms with Crippen LogP contribution in [0.5, 0.6) is 0 Å². The van der Waals surface area contributed by atoms with Gasteiger partial charge in [-0.1, -0.05) is 164 Å². The number of anilines is 3. The number of fused-ring (bicyclic) bond motifs is 6. The Bertz CT molecular complexity index is 2890. The Balaban J connectivity index is 1.13. The predicted molar refractivity (Wildman–Crippen MR) is 220 cm³/mol. The average molecular weight is 664 g/mol. The molecule has 0 atom stereocenters. The third kappa shape index (κ3) is 5.04. The lowest BCUT2D eigenvalue weighted by Crippen LogP contribution is -2.12. The van der Waals surface area contributed by atoms with Crippen LogP contribution in [0.4, 0.5) is 17.1 Å². The molecule has 0 aliphatic heterocycles. The molecule has 0 N–H and O–H groups in total. The third-order valence-corrected chi connectivity index (χ3v) is 10.3. The summed E-state index contributed by atoms with van der Waals surface area (Å²) in [6.07, 6.45) is 0. The lowest BCUT2D eigenvalue weighted by molar-refractivity contribution is 0.670. The largest absolute Gasteiger partial charge is 0.455 e. The van der Waals surface area contributed by atoms with E-state index in [0.717, 1.165) is 61.3 Å². The average Bonchev–Trinajstić information content (AvgIpc) is 3.60. The predicted octanol–water partition coefficient (Wildman–Crippen LogP) is 14.4. The van der Waals surface area contributed by atoms with Gasteiger partial charge in [-0.15, -0.1) is 0 Å².